The van der Waals surface area contributed by atoms with Crippen molar-refractivity contribution in [3.63, 3.8) is 0 Å². The van der Waals surface area contributed by atoms with Gasteiger partial charge >= 0.3 is 0 Å². The van der Waals surface area contributed by atoms with Gasteiger partial charge in [0.05, 0.1) is 0 Å². The predicted octanol–water partition coefficient (Wildman–Crippen LogP) is 0.103. The monoisotopic (exact) mass is 289 g/mol. The molecular weight excluding hydrogens is 270 g/mol. The molecule has 21 heavy (non-hydrogen) atoms. The molecule has 0 atom stereocenters. The van der Waals surface area contributed by atoms with E-state index in [2.05, 4.69) is 15.4 Å². The minimum atomic E-state index is -0.360. The van der Waals surface area contributed by atoms with Crippen LogP contribution in [-0.4, -0.2) is 31.8 Å². The van der Waals surface area contributed by atoms with E-state index in [1.165, 1.54) is 10.9 Å². The highest BCUT2D eigenvalue weighted by molar-refractivity contribution is 5.94. The number of amides is 1. The lowest BCUT2D eigenvalue weighted by atomic mass is 10.1. The summed E-state index contributed by atoms with van der Waals surface area (Å²) in [7, 11) is 3.46. The van der Waals surface area contributed by atoms with Gasteiger partial charge in [-0.2, -0.15) is 5.10 Å². The van der Waals surface area contributed by atoms with Gasteiger partial charge in [0.25, 0.3) is 11.5 Å². The number of aryl methyl sites for hydroxylation is 2. The molecule has 0 saturated carbocycles. The molecule has 0 saturated heterocycles. The van der Waals surface area contributed by atoms with Gasteiger partial charge < -0.3 is 9.88 Å². The topological polar surface area (TPSA) is 81.8 Å². The summed E-state index contributed by atoms with van der Waals surface area (Å²) in [4.78, 5) is 28.3. The molecule has 2 aromatic heterocycles. The quantitative estimate of drug-likeness (QED) is 0.865. The van der Waals surface area contributed by atoms with Crippen molar-refractivity contribution >= 4 is 5.91 Å². The van der Waals surface area contributed by atoms with E-state index in [1.54, 1.807) is 24.8 Å². The van der Waals surface area contributed by atoms with Crippen LogP contribution < -0.4 is 10.9 Å². The van der Waals surface area contributed by atoms with Crippen molar-refractivity contribution in [1.82, 2.24) is 24.6 Å². The normalized spacial score (nSPS) is 10.7. The van der Waals surface area contributed by atoms with Crippen LogP contribution in [0.4, 0.5) is 0 Å². The molecule has 0 aliphatic heterocycles. The van der Waals surface area contributed by atoms with Crippen LogP contribution in [-0.2, 0) is 20.5 Å². The molecule has 0 radical (unpaired) electrons. The number of carbonyl (C=O) groups is 1. The smallest absolute Gasteiger partial charge is 0.263 e. The molecule has 112 valence electrons. The fourth-order valence-corrected chi connectivity index (χ4v) is 2.07. The van der Waals surface area contributed by atoms with Gasteiger partial charge in [0, 0.05) is 32.8 Å². The molecule has 0 aliphatic carbocycles. The maximum Gasteiger partial charge on any atom is 0.263 e. The molecule has 0 aliphatic rings. The Morgan fingerprint density at radius 3 is 2.67 bits per heavy atom. The summed E-state index contributed by atoms with van der Waals surface area (Å²) in [6, 6.07) is 1.63. The fraction of sp³-hybridized carbons (Fsp3) is 0.429. The Labute approximate surface area is 122 Å². The van der Waals surface area contributed by atoms with E-state index >= 15 is 0 Å². The molecule has 7 nitrogen and oxygen atoms in total. The molecule has 0 bridgehead atoms. The molecule has 0 spiro atoms. The molecule has 0 unspecified atom stereocenters. The highest BCUT2D eigenvalue weighted by Gasteiger charge is 2.14. The molecule has 0 aromatic carbocycles. The Bertz CT molecular complexity index is 729. The summed E-state index contributed by atoms with van der Waals surface area (Å²) in [5.41, 5.74) is 1.65. The third-order valence-corrected chi connectivity index (χ3v) is 3.65. The summed E-state index contributed by atoms with van der Waals surface area (Å²) in [6.45, 7) is 4.14. The van der Waals surface area contributed by atoms with Crippen molar-refractivity contribution in [2.75, 3.05) is 6.54 Å². The Morgan fingerprint density at radius 1 is 1.33 bits per heavy atom. The van der Waals surface area contributed by atoms with E-state index in [4.69, 9.17) is 0 Å². The summed E-state index contributed by atoms with van der Waals surface area (Å²) in [5, 5.41) is 6.70. The van der Waals surface area contributed by atoms with Crippen LogP contribution in [0.25, 0.3) is 0 Å². The van der Waals surface area contributed by atoms with Crippen molar-refractivity contribution in [1.29, 1.82) is 0 Å². The lowest BCUT2D eigenvalue weighted by Crippen LogP contribution is -2.34. The second kappa shape index (κ2) is 5.90. The molecule has 2 rings (SSSR count). The standard InChI is InChI=1S/C14H19N5O2/c1-9-7-11(14(21)18(3)10(9)2)13(20)15-6-5-12-16-8-17-19(12)4/h7-8H,5-6H2,1-4H3,(H,15,20). The van der Waals surface area contributed by atoms with Crippen molar-refractivity contribution in [3.05, 3.63) is 45.4 Å². The van der Waals surface area contributed by atoms with E-state index in [0.29, 0.717) is 13.0 Å². The first-order chi connectivity index (χ1) is 9.91. The van der Waals surface area contributed by atoms with Gasteiger partial charge in [-0.3, -0.25) is 14.3 Å². The maximum atomic E-state index is 12.1. The first-order valence-electron chi connectivity index (χ1n) is 6.70. The van der Waals surface area contributed by atoms with Gasteiger partial charge in [-0.1, -0.05) is 0 Å². The van der Waals surface area contributed by atoms with E-state index < -0.39 is 0 Å². The van der Waals surface area contributed by atoms with Crippen molar-refractivity contribution in [2.24, 2.45) is 14.1 Å². The molecule has 2 heterocycles. The number of nitrogens with zero attached hydrogens (tertiary/aromatic N) is 4. The number of pyridine rings is 1. The summed E-state index contributed by atoms with van der Waals surface area (Å²) >= 11 is 0. The van der Waals surface area contributed by atoms with Gasteiger partial charge in [0.1, 0.15) is 17.7 Å². The van der Waals surface area contributed by atoms with Crippen LogP contribution in [0.1, 0.15) is 27.4 Å². The van der Waals surface area contributed by atoms with Crippen LogP contribution in [0.3, 0.4) is 0 Å². The number of hydrogen-bond acceptors (Lipinski definition) is 4. The van der Waals surface area contributed by atoms with Gasteiger partial charge in [-0.25, -0.2) is 4.98 Å². The fourth-order valence-electron chi connectivity index (χ4n) is 2.07. The Balaban J connectivity index is 2.08. The van der Waals surface area contributed by atoms with Gasteiger partial charge in [0.15, 0.2) is 0 Å². The van der Waals surface area contributed by atoms with Gasteiger partial charge in [-0.05, 0) is 25.5 Å². The zero-order valence-electron chi connectivity index (χ0n) is 12.7. The van der Waals surface area contributed by atoms with E-state index in [1.807, 2.05) is 13.8 Å². The highest BCUT2D eigenvalue weighted by Crippen LogP contribution is 2.05. The second-order valence-corrected chi connectivity index (χ2v) is 5.00. The van der Waals surface area contributed by atoms with Crippen molar-refractivity contribution in [3.8, 4) is 0 Å². The maximum absolute atomic E-state index is 12.1. The minimum absolute atomic E-state index is 0.165. The van der Waals surface area contributed by atoms with Gasteiger partial charge in [-0.15, -0.1) is 0 Å². The van der Waals surface area contributed by atoms with E-state index in [-0.39, 0.29) is 17.0 Å². The zero-order valence-corrected chi connectivity index (χ0v) is 12.7. The SMILES string of the molecule is Cc1cc(C(=O)NCCc2ncnn2C)c(=O)n(C)c1C. The predicted molar refractivity (Wildman–Crippen MR) is 78.2 cm³/mol. The van der Waals surface area contributed by atoms with Crippen molar-refractivity contribution in [2.45, 2.75) is 20.3 Å². The number of rotatable bonds is 4. The Morgan fingerprint density at radius 2 is 2.05 bits per heavy atom. The summed E-state index contributed by atoms with van der Waals surface area (Å²) in [6.07, 6.45) is 2.03. The van der Waals surface area contributed by atoms with E-state index in [9.17, 15) is 9.59 Å². The lowest BCUT2D eigenvalue weighted by Gasteiger charge is -2.10. The third-order valence-electron chi connectivity index (χ3n) is 3.65. The first kappa shape index (κ1) is 15.0. The largest absolute Gasteiger partial charge is 0.351 e. The zero-order chi connectivity index (χ0) is 15.6. The summed E-state index contributed by atoms with van der Waals surface area (Å²) < 4.78 is 3.15. The van der Waals surface area contributed by atoms with Crippen LogP contribution in [0, 0.1) is 13.8 Å². The van der Waals surface area contributed by atoms with Gasteiger partial charge in [0.2, 0.25) is 0 Å². The molecule has 7 heteroatoms. The highest BCUT2D eigenvalue weighted by atomic mass is 16.2. The average Bonchev–Trinajstić information content (AvgIpc) is 2.86. The minimum Gasteiger partial charge on any atom is -0.351 e. The van der Waals surface area contributed by atoms with Crippen molar-refractivity contribution < 1.29 is 4.79 Å². The lowest BCUT2D eigenvalue weighted by molar-refractivity contribution is 0.0951. The van der Waals surface area contributed by atoms with Crippen LogP contribution in [0.15, 0.2) is 17.2 Å². The number of aromatic nitrogens is 4. The van der Waals surface area contributed by atoms with Crippen LogP contribution in [0.5, 0.6) is 0 Å². The molecule has 1 amide bonds. The number of nitrogens with one attached hydrogen (secondary N) is 1. The molecule has 0 fully saturated rings. The van der Waals surface area contributed by atoms with E-state index in [0.717, 1.165) is 17.1 Å². The number of carbonyl (C=O) groups excluding carboxylic acids is 1. The third kappa shape index (κ3) is 3.01. The van der Waals surface area contributed by atoms with Crippen LogP contribution >= 0.6 is 0 Å². The summed E-state index contributed by atoms with van der Waals surface area (Å²) in [5.74, 6) is 0.421. The molecular formula is C14H19N5O2. The Hall–Kier alpha value is -2.44. The Kier molecular flexibility index (Phi) is 4.21. The van der Waals surface area contributed by atoms with Crippen LogP contribution in [0.2, 0.25) is 0 Å². The molecule has 2 aromatic rings. The second-order valence-electron chi connectivity index (χ2n) is 5.00. The number of hydrogen-bond donors (Lipinski definition) is 1. The average molecular weight is 289 g/mol. The molecule has 1 N–H and O–H groups in total. The first-order valence-corrected chi connectivity index (χ1v) is 6.70.